The van der Waals surface area contributed by atoms with E-state index in [0.717, 1.165) is 19.3 Å². The van der Waals surface area contributed by atoms with Crippen molar-refractivity contribution in [1.29, 1.82) is 0 Å². The van der Waals surface area contributed by atoms with Crippen molar-refractivity contribution in [3.05, 3.63) is 0 Å². The van der Waals surface area contributed by atoms with Gasteiger partial charge >= 0.3 is 0 Å². The van der Waals surface area contributed by atoms with Crippen LogP contribution in [0.4, 0.5) is 0 Å². The van der Waals surface area contributed by atoms with Crippen LogP contribution in [0, 0.1) is 11.8 Å². The van der Waals surface area contributed by atoms with Gasteiger partial charge in [-0.25, -0.2) is 0 Å². The van der Waals surface area contributed by atoms with Gasteiger partial charge in [-0.3, -0.25) is 0 Å². The molecule has 0 saturated heterocycles. The van der Waals surface area contributed by atoms with Gasteiger partial charge in [-0.15, -0.1) is 0 Å². The van der Waals surface area contributed by atoms with E-state index in [9.17, 15) is 0 Å². The maximum absolute atomic E-state index is 8.88. The summed E-state index contributed by atoms with van der Waals surface area (Å²) in [6.45, 7) is 0.425. The lowest BCUT2D eigenvalue weighted by Gasteiger charge is -2.30. The minimum atomic E-state index is 0.179. The Bertz CT molecular complexity index is 107. The van der Waals surface area contributed by atoms with Crippen LogP contribution in [0.25, 0.3) is 0 Å². The monoisotopic (exact) mass is 159 g/mol. The molecule has 0 aliphatic heterocycles. The van der Waals surface area contributed by atoms with Crippen LogP contribution in [0.2, 0.25) is 0 Å². The van der Waals surface area contributed by atoms with Crippen molar-refractivity contribution in [2.24, 2.45) is 17.6 Å². The number of aliphatic hydroxyl groups is 2. The van der Waals surface area contributed by atoms with Crippen LogP contribution in [0.5, 0.6) is 0 Å². The second-order valence-corrected chi connectivity index (χ2v) is 3.56. The van der Waals surface area contributed by atoms with Crippen LogP contribution in [0.3, 0.4) is 0 Å². The molecule has 3 nitrogen and oxygen atoms in total. The molecule has 0 aromatic heterocycles. The highest BCUT2D eigenvalue weighted by Gasteiger charge is 2.25. The van der Waals surface area contributed by atoms with E-state index in [4.69, 9.17) is 15.9 Å². The zero-order valence-electron chi connectivity index (χ0n) is 6.74. The molecular formula is C8H17NO2. The summed E-state index contributed by atoms with van der Waals surface area (Å²) in [6, 6.07) is 0.179. The second kappa shape index (κ2) is 4.04. The highest BCUT2D eigenvalue weighted by atomic mass is 16.3. The summed E-state index contributed by atoms with van der Waals surface area (Å²) in [6.07, 6.45) is 2.75. The van der Waals surface area contributed by atoms with Crippen molar-refractivity contribution < 1.29 is 10.2 Å². The van der Waals surface area contributed by atoms with Crippen LogP contribution >= 0.6 is 0 Å². The Hall–Kier alpha value is -0.120. The van der Waals surface area contributed by atoms with Gasteiger partial charge in [0.05, 0.1) is 0 Å². The maximum atomic E-state index is 8.88. The van der Waals surface area contributed by atoms with Gasteiger partial charge in [0.15, 0.2) is 0 Å². The SMILES string of the molecule is NC1CC(CO)CC(CO)C1. The van der Waals surface area contributed by atoms with Crippen LogP contribution in [-0.4, -0.2) is 29.5 Å². The second-order valence-electron chi connectivity index (χ2n) is 3.56. The molecule has 3 heteroatoms. The number of nitrogens with two attached hydrogens (primary N) is 1. The normalized spacial score (nSPS) is 39.0. The van der Waals surface area contributed by atoms with Gasteiger partial charge in [0.2, 0.25) is 0 Å². The van der Waals surface area contributed by atoms with Gasteiger partial charge < -0.3 is 15.9 Å². The van der Waals surface area contributed by atoms with E-state index in [1.807, 2.05) is 0 Å². The summed E-state index contributed by atoms with van der Waals surface area (Å²) in [4.78, 5) is 0. The lowest BCUT2D eigenvalue weighted by atomic mass is 9.80. The molecule has 66 valence electrons. The maximum Gasteiger partial charge on any atom is 0.0459 e. The molecule has 1 aliphatic carbocycles. The third-order valence-electron chi connectivity index (χ3n) is 2.46. The van der Waals surface area contributed by atoms with Crippen molar-refractivity contribution in [3.63, 3.8) is 0 Å². The van der Waals surface area contributed by atoms with E-state index in [1.54, 1.807) is 0 Å². The Balaban J connectivity index is 2.37. The smallest absolute Gasteiger partial charge is 0.0459 e. The van der Waals surface area contributed by atoms with E-state index in [2.05, 4.69) is 0 Å². The molecule has 0 aromatic carbocycles. The third-order valence-corrected chi connectivity index (χ3v) is 2.46. The highest BCUT2D eigenvalue weighted by molar-refractivity contribution is 4.80. The lowest BCUT2D eigenvalue weighted by molar-refractivity contribution is 0.111. The van der Waals surface area contributed by atoms with E-state index in [1.165, 1.54) is 0 Å². The first-order valence-corrected chi connectivity index (χ1v) is 4.23. The summed E-state index contributed by atoms with van der Waals surface area (Å²) in [7, 11) is 0. The number of rotatable bonds is 2. The van der Waals surface area contributed by atoms with Gasteiger partial charge in [0, 0.05) is 19.3 Å². The van der Waals surface area contributed by atoms with Crippen molar-refractivity contribution in [2.75, 3.05) is 13.2 Å². The molecular weight excluding hydrogens is 142 g/mol. The van der Waals surface area contributed by atoms with E-state index in [0.29, 0.717) is 11.8 Å². The van der Waals surface area contributed by atoms with Crippen LogP contribution in [-0.2, 0) is 0 Å². The molecule has 0 radical (unpaired) electrons. The first kappa shape index (κ1) is 8.97. The molecule has 0 amide bonds. The Morgan fingerprint density at radius 3 is 1.82 bits per heavy atom. The third kappa shape index (κ3) is 2.43. The average molecular weight is 159 g/mol. The predicted octanol–water partition coefficient (Wildman–Crippen LogP) is -0.285. The topological polar surface area (TPSA) is 66.5 Å². The zero-order chi connectivity index (χ0) is 8.27. The Morgan fingerprint density at radius 1 is 1.00 bits per heavy atom. The molecule has 2 atom stereocenters. The Labute approximate surface area is 67.2 Å². The van der Waals surface area contributed by atoms with E-state index >= 15 is 0 Å². The summed E-state index contributed by atoms with van der Waals surface area (Å²) in [5.41, 5.74) is 5.74. The first-order chi connectivity index (χ1) is 5.26. The zero-order valence-corrected chi connectivity index (χ0v) is 6.74. The molecule has 0 heterocycles. The van der Waals surface area contributed by atoms with Crippen molar-refractivity contribution >= 4 is 0 Å². The van der Waals surface area contributed by atoms with E-state index in [-0.39, 0.29) is 19.3 Å². The van der Waals surface area contributed by atoms with Gasteiger partial charge in [-0.05, 0) is 31.1 Å². The molecule has 1 saturated carbocycles. The molecule has 0 spiro atoms. The quantitative estimate of drug-likeness (QED) is 0.519. The molecule has 1 rings (SSSR count). The fourth-order valence-electron chi connectivity index (χ4n) is 1.91. The summed E-state index contributed by atoms with van der Waals surface area (Å²) < 4.78 is 0. The fourth-order valence-corrected chi connectivity index (χ4v) is 1.91. The van der Waals surface area contributed by atoms with Crippen LogP contribution in [0.1, 0.15) is 19.3 Å². The summed E-state index contributed by atoms with van der Waals surface area (Å²) in [5.74, 6) is 0.631. The molecule has 1 aliphatic rings. The van der Waals surface area contributed by atoms with Gasteiger partial charge in [-0.2, -0.15) is 0 Å². The minimum absolute atomic E-state index is 0.179. The van der Waals surface area contributed by atoms with Crippen molar-refractivity contribution in [2.45, 2.75) is 25.3 Å². The molecule has 11 heavy (non-hydrogen) atoms. The van der Waals surface area contributed by atoms with Gasteiger partial charge in [0.25, 0.3) is 0 Å². The lowest BCUT2D eigenvalue weighted by Crippen LogP contribution is -2.35. The highest BCUT2D eigenvalue weighted by Crippen LogP contribution is 2.27. The number of hydrogen-bond acceptors (Lipinski definition) is 3. The van der Waals surface area contributed by atoms with Crippen molar-refractivity contribution in [3.8, 4) is 0 Å². The largest absolute Gasteiger partial charge is 0.396 e. The molecule has 4 N–H and O–H groups in total. The molecule has 1 fully saturated rings. The number of hydrogen-bond donors (Lipinski definition) is 3. The van der Waals surface area contributed by atoms with E-state index < -0.39 is 0 Å². The fraction of sp³-hybridized carbons (Fsp3) is 1.00. The molecule has 2 unspecified atom stereocenters. The minimum Gasteiger partial charge on any atom is -0.396 e. The first-order valence-electron chi connectivity index (χ1n) is 4.23. The number of aliphatic hydroxyl groups excluding tert-OH is 2. The van der Waals surface area contributed by atoms with Crippen molar-refractivity contribution in [1.82, 2.24) is 0 Å². The summed E-state index contributed by atoms with van der Waals surface area (Å²) in [5, 5.41) is 17.8. The Kier molecular flexibility index (Phi) is 3.30. The predicted molar refractivity (Wildman–Crippen MR) is 43.0 cm³/mol. The van der Waals surface area contributed by atoms with Gasteiger partial charge in [0.1, 0.15) is 0 Å². The van der Waals surface area contributed by atoms with Crippen LogP contribution < -0.4 is 5.73 Å². The summed E-state index contributed by atoms with van der Waals surface area (Å²) >= 11 is 0. The Morgan fingerprint density at radius 2 is 1.45 bits per heavy atom. The van der Waals surface area contributed by atoms with Crippen LogP contribution in [0.15, 0.2) is 0 Å². The standard InChI is InChI=1S/C8H17NO2/c9-8-2-6(4-10)1-7(3-8)5-11/h6-8,10-11H,1-5,9H2. The average Bonchev–Trinajstić information content (AvgIpc) is 2.03. The molecule has 0 bridgehead atoms. The molecule has 0 aromatic rings. The van der Waals surface area contributed by atoms with Gasteiger partial charge in [-0.1, -0.05) is 0 Å².